The Morgan fingerprint density at radius 3 is 2.17 bits per heavy atom. The second kappa shape index (κ2) is 17.4. The molecule has 1 aromatic carbocycles. The number of benzene rings is 1. The molecule has 0 radical (unpaired) electrons. The number of carboxylic acid groups (broad SMARTS) is 1. The average Bonchev–Trinajstić information content (AvgIpc) is 3.50. The van der Waals surface area contributed by atoms with Crippen molar-refractivity contribution in [1.82, 2.24) is 16.0 Å². The maximum atomic E-state index is 13.6. The van der Waals surface area contributed by atoms with Crippen molar-refractivity contribution in [2.45, 2.75) is 110 Å². The molecule has 1 aromatic heterocycles. The largest absolute Gasteiger partial charge is 0.481 e. The van der Waals surface area contributed by atoms with Gasteiger partial charge in [-0.15, -0.1) is 0 Å². The van der Waals surface area contributed by atoms with E-state index in [9.17, 15) is 38.7 Å². The molecule has 1 fully saturated rings. The molecule has 1 heterocycles. The number of aryl methyl sites for hydroxylation is 1. The molecular weight excluding hydrogens is 608 g/mol. The van der Waals surface area contributed by atoms with Crippen molar-refractivity contribution in [3.8, 4) is 0 Å². The Balaban J connectivity index is 1.75. The molecule has 0 bridgehead atoms. The van der Waals surface area contributed by atoms with Gasteiger partial charge in [-0.1, -0.05) is 46.0 Å². The number of carbonyl (C=O) groups excluding carboxylic acids is 5. The molecule has 0 spiro atoms. The van der Waals surface area contributed by atoms with Crippen LogP contribution >= 0.6 is 0 Å². The van der Waals surface area contributed by atoms with Crippen molar-refractivity contribution in [3.63, 3.8) is 0 Å². The van der Waals surface area contributed by atoms with Crippen LogP contribution in [0.3, 0.4) is 0 Å². The highest BCUT2D eigenvalue weighted by molar-refractivity contribution is 6.01. The van der Waals surface area contributed by atoms with E-state index in [4.69, 9.17) is 4.42 Å². The number of hydrogen-bond acceptors (Lipinski definition) is 8. The summed E-state index contributed by atoms with van der Waals surface area (Å²) < 4.78 is 5.22. The van der Waals surface area contributed by atoms with Crippen LogP contribution in [0.2, 0.25) is 0 Å². The fraction of sp³-hybridized carbons (Fsp3) is 0.559. The normalized spacial score (nSPS) is 17.7. The van der Waals surface area contributed by atoms with Crippen LogP contribution in [0.1, 0.15) is 90.5 Å². The van der Waals surface area contributed by atoms with Crippen LogP contribution < -0.4 is 26.9 Å². The summed E-state index contributed by atoms with van der Waals surface area (Å²) in [7, 11) is 0. The Bertz CT molecular complexity index is 1540. The van der Waals surface area contributed by atoms with Crippen LogP contribution in [0.25, 0.3) is 11.0 Å². The van der Waals surface area contributed by atoms with Crippen LogP contribution in [0.15, 0.2) is 33.5 Å². The van der Waals surface area contributed by atoms with E-state index in [-0.39, 0.29) is 29.4 Å². The standard InChI is InChI=1S/C34H46N4O9/c1-5-7-12-25(35-20(4)39)31(43)23-10-9-11-24(23)32(44)37-26(13-8-6-2)33(45)38-27(18-29(40)41)34(46)36-21-14-15-22-19(3)16-30(42)47-28(22)17-21/h14-17,23-27H,5-13,18H2,1-4H3,(H,35,39)(H,36,46)(H,37,44)(H,38,45)(H,40,41)/t23-,24+,25-,26-,27-/m0/s1. The minimum absolute atomic E-state index is 0.192. The molecule has 13 heteroatoms. The molecule has 4 amide bonds. The number of carbonyl (C=O) groups is 6. The fourth-order valence-corrected chi connectivity index (χ4v) is 6.06. The third kappa shape index (κ3) is 10.5. The predicted molar refractivity (Wildman–Crippen MR) is 174 cm³/mol. The molecule has 13 nitrogen and oxygen atoms in total. The molecule has 2 aromatic rings. The quantitative estimate of drug-likeness (QED) is 0.159. The Kier molecular flexibility index (Phi) is 13.7. The van der Waals surface area contributed by atoms with E-state index in [0.29, 0.717) is 49.5 Å². The van der Waals surface area contributed by atoms with E-state index in [1.54, 1.807) is 19.1 Å². The van der Waals surface area contributed by atoms with Crippen LogP contribution in [-0.4, -0.2) is 58.6 Å². The summed E-state index contributed by atoms with van der Waals surface area (Å²) in [6, 6.07) is 2.73. The van der Waals surface area contributed by atoms with Crippen molar-refractivity contribution in [3.05, 3.63) is 40.2 Å². The molecule has 0 unspecified atom stereocenters. The summed E-state index contributed by atoms with van der Waals surface area (Å²) in [5.74, 6) is -5.16. The lowest BCUT2D eigenvalue weighted by Crippen LogP contribution is -2.54. The van der Waals surface area contributed by atoms with Gasteiger partial charge in [-0.2, -0.15) is 0 Å². The number of carboxylic acids is 1. The molecule has 1 aliphatic carbocycles. The van der Waals surface area contributed by atoms with E-state index < -0.39 is 65.7 Å². The average molecular weight is 655 g/mol. The van der Waals surface area contributed by atoms with Crippen LogP contribution in [0.5, 0.6) is 0 Å². The van der Waals surface area contributed by atoms with Gasteiger partial charge in [0.05, 0.1) is 12.5 Å². The zero-order valence-corrected chi connectivity index (χ0v) is 27.5. The summed E-state index contributed by atoms with van der Waals surface area (Å²) >= 11 is 0. The van der Waals surface area contributed by atoms with Gasteiger partial charge < -0.3 is 30.8 Å². The number of aliphatic carboxylic acids is 1. The Hall–Kier alpha value is -4.55. The lowest BCUT2D eigenvalue weighted by atomic mass is 9.86. The van der Waals surface area contributed by atoms with Gasteiger partial charge in [0, 0.05) is 42.0 Å². The van der Waals surface area contributed by atoms with E-state index in [1.807, 2.05) is 13.8 Å². The van der Waals surface area contributed by atoms with Crippen molar-refractivity contribution >= 4 is 52.0 Å². The van der Waals surface area contributed by atoms with Gasteiger partial charge in [-0.05, 0) is 50.3 Å². The molecule has 5 atom stereocenters. The second-order valence-electron chi connectivity index (χ2n) is 12.3. The van der Waals surface area contributed by atoms with E-state index in [2.05, 4.69) is 21.3 Å². The molecular formula is C34H46N4O9. The fourth-order valence-electron chi connectivity index (χ4n) is 6.06. The lowest BCUT2D eigenvalue weighted by Gasteiger charge is -2.27. The maximum absolute atomic E-state index is 13.6. The maximum Gasteiger partial charge on any atom is 0.336 e. The van der Waals surface area contributed by atoms with Gasteiger partial charge in [0.1, 0.15) is 17.7 Å². The minimum Gasteiger partial charge on any atom is -0.481 e. The molecule has 0 aliphatic heterocycles. The molecule has 256 valence electrons. The second-order valence-corrected chi connectivity index (χ2v) is 12.3. The monoisotopic (exact) mass is 654 g/mol. The first-order valence-electron chi connectivity index (χ1n) is 16.3. The molecule has 1 aliphatic rings. The molecule has 3 rings (SSSR count). The van der Waals surface area contributed by atoms with Gasteiger partial charge in [0.15, 0.2) is 5.78 Å². The van der Waals surface area contributed by atoms with Crippen molar-refractivity contribution < 1.29 is 38.3 Å². The lowest BCUT2D eigenvalue weighted by molar-refractivity contribution is -0.140. The molecule has 47 heavy (non-hydrogen) atoms. The zero-order valence-electron chi connectivity index (χ0n) is 27.5. The smallest absolute Gasteiger partial charge is 0.336 e. The van der Waals surface area contributed by atoms with Gasteiger partial charge in [-0.25, -0.2) is 4.79 Å². The number of fused-ring (bicyclic) bond motifs is 1. The Labute approximate surface area is 273 Å². The number of nitrogens with one attached hydrogen (secondary N) is 4. The molecule has 5 N–H and O–H groups in total. The van der Waals surface area contributed by atoms with Gasteiger partial charge in [0.25, 0.3) is 0 Å². The van der Waals surface area contributed by atoms with E-state index in [0.717, 1.165) is 12.8 Å². The summed E-state index contributed by atoms with van der Waals surface area (Å²) in [6.07, 6.45) is 4.39. The highest BCUT2D eigenvalue weighted by Gasteiger charge is 2.41. The molecule has 0 saturated heterocycles. The van der Waals surface area contributed by atoms with Gasteiger partial charge in [0.2, 0.25) is 23.6 Å². The summed E-state index contributed by atoms with van der Waals surface area (Å²) in [6.45, 7) is 6.99. The number of amides is 4. The van der Waals surface area contributed by atoms with Crippen molar-refractivity contribution in [2.75, 3.05) is 5.32 Å². The van der Waals surface area contributed by atoms with Crippen molar-refractivity contribution in [2.24, 2.45) is 11.8 Å². The number of unbranched alkanes of at least 4 members (excludes halogenated alkanes) is 2. The minimum atomic E-state index is -1.49. The first-order valence-corrected chi connectivity index (χ1v) is 16.3. The Morgan fingerprint density at radius 2 is 1.53 bits per heavy atom. The summed E-state index contributed by atoms with van der Waals surface area (Å²) in [4.78, 5) is 89.0. The zero-order chi connectivity index (χ0) is 34.7. The highest BCUT2D eigenvalue weighted by atomic mass is 16.4. The number of anilines is 1. The number of Topliss-reactive ketones (excluding diaryl/α,β-unsaturated/α-hetero) is 1. The van der Waals surface area contributed by atoms with Gasteiger partial charge in [-0.3, -0.25) is 28.8 Å². The number of rotatable bonds is 17. The summed E-state index contributed by atoms with van der Waals surface area (Å²) in [5, 5.41) is 20.7. The third-order valence-corrected chi connectivity index (χ3v) is 8.50. The first-order chi connectivity index (χ1) is 22.3. The summed E-state index contributed by atoms with van der Waals surface area (Å²) in [5.41, 5.74) is 0.575. The first kappa shape index (κ1) is 36.9. The van der Waals surface area contributed by atoms with Crippen LogP contribution in [0.4, 0.5) is 5.69 Å². The topological polar surface area (TPSA) is 201 Å². The van der Waals surface area contributed by atoms with Gasteiger partial charge >= 0.3 is 11.6 Å². The SMILES string of the molecule is CCCC[C@H](NC(=O)[C@@H]1CCC[C@@H]1C(=O)[C@H](CCCC)NC(C)=O)C(=O)N[C@@H](CC(=O)O)C(=O)Nc1ccc2c(C)cc(=O)oc2c1. The highest BCUT2D eigenvalue weighted by Crippen LogP contribution is 2.34. The van der Waals surface area contributed by atoms with Crippen molar-refractivity contribution in [1.29, 1.82) is 0 Å². The van der Waals surface area contributed by atoms with Crippen LogP contribution in [0, 0.1) is 18.8 Å². The number of hydrogen-bond donors (Lipinski definition) is 5. The molecule has 1 saturated carbocycles. The van der Waals surface area contributed by atoms with Crippen LogP contribution in [-0.2, 0) is 28.8 Å². The predicted octanol–water partition coefficient (Wildman–Crippen LogP) is 3.35. The third-order valence-electron chi connectivity index (χ3n) is 8.50. The van der Waals surface area contributed by atoms with E-state index >= 15 is 0 Å². The number of ketones is 1. The Morgan fingerprint density at radius 1 is 0.872 bits per heavy atom. The van der Waals surface area contributed by atoms with E-state index in [1.165, 1.54) is 19.1 Å².